The molecular weight excluding hydrogens is 328 g/mol. The number of furan rings is 1. The largest absolute Gasteiger partial charge is 0.457 e. The molecule has 1 saturated heterocycles. The molecule has 0 bridgehead atoms. The molecular formula is C18H14O7. The molecule has 1 aromatic carbocycles. The Balaban J connectivity index is 1.81. The zero-order chi connectivity index (χ0) is 18.0. The first-order valence-electron chi connectivity index (χ1n) is 7.38. The molecule has 1 fully saturated rings. The monoisotopic (exact) mass is 342 g/mol. The number of hydrogen-bond acceptors (Lipinski definition) is 7. The van der Waals surface area contributed by atoms with E-state index in [1.807, 2.05) is 0 Å². The van der Waals surface area contributed by atoms with E-state index in [2.05, 4.69) is 0 Å². The summed E-state index contributed by atoms with van der Waals surface area (Å²) in [6, 6.07) is 9.35. The van der Waals surface area contributed by atoms with Crippen molar-refractivity contribution in [3.8, 4) is 5.75 Å². The smallest absolute Gasteiger partial charge is 0.379 e. The van der Waals surface area contributed by atoms with Gasteiger partial charge < -0.3 is 18.6 Å². The molecule has 0 saturated carbocycles. The van der Waals surface area contributed by atoms with Gasteiger partial charge in [-0.1, -0.05) is 12.1 Å². The van der Waals surface area contributed by atoms with E-state index >= 15 is 0 Å². The summed E-state index contributed by atoms with van der Waals surface area (Å²) < 4.78 is 20.2. The molecule has 0 unspecified atom stereocenters. The molecule has 0 aliphatic carbocycles. The van der Waals surface area contributed by atoms with Gasteiger partial charge in [0.25, 0.3) is 5.79 Å². The Kier molecular flexibility index (Phi) is 4.14. The molecule has 128 valence electrons. The third-order valence-corrected chi connectivity index (χ3v) is 3.22. The van der Waals surface area contributed by atoms with Crippen molar-refractivity contribution in [2.75, 3.05) is 0 Å². The van der Waals surface area contributed by atoms with Crippen LogP contribution in [0, 0.1) is 0 Å². The van der Waals surface area contributed by atoms with E-state index < -0.39 is 23.7 Å². The van der Waals surface area contributed by atoms with Crippen LogP contribution in [0.2, 0.25) is 0 Å². The van der Waals surface area contributed by atoms with Crippen LogP contribution in [-0.2, 0) is 19.1 Å². The number of cyclic esters (lactones) is 2. The van der Waals surface area contributed by atoms with Gasteiger partial charge in [-0.2, -0.15) is 0 Å². The zero-order valence-corrected chi connectivity index (χ0v) is 13.5. The Bertz CT molecular complexity index is 837. The summed E-state index contributed by atoms with van der Waals surface area (Å²) in [6.45, 7) is 2.93. The second kappa shape index (κ2) is 6.27. The zero-order valence-electron chi connectivity index (χ0n) is 13.5. The van der Waals surface area contributed by atoms with Crippen LogP contribution < -0.4 is 4.74 Å². The molecule has 1 aliphatic heterocycles. The van der Waals surface area contributed by atoms with E-state index in [-0.39, 0.29) is 17.1 Å². The summed E-state index contributed by atoms with van der Waals surface area (Å²) in [5, 5.41) is 0. The number of hydrogen-bond donors (Lipinski definition) is 0. The number of esters is 3. The highest BCUT2D eigenvalue weighted by Gasteiger charge is 2.38. The lowest BCUT2D eigenvalue weighted by Crippen LogP contribution is -2.41. The number of ether oxygens (including phenoxy) is 3. The summed E-state index contributed by atoms with van der Waals surface area (Å²) in [4.78, 5) is 35.8. The molecule has 7 nitrogen and oxygen atoms in total. The third-order valence-electron chi connectivity index (χ3n) is 3.22. The first kappa shape index (κ1) is 16.5. The van der Waals surface area contributed by atoms with Crippen LogP contribution in [0.1, 0.15) is 30.0 Å². The van der Waals surface area contributed by atoms with E-state index in [0.717, 1.165) is 0 Å². The molecule has 1 aromatic heterocycles. The topological polar surface area (TPSA) is 92.0 Å². The molecule has 2 aromatic rings. The summed E-state index contributed by atoms with van der Waals surface area (Å²) in [5.74, 6) is -3.23. The molecule has 25 heavy (non-hydrogen) atoms. The lowest BCUT2D eigenvalue weighted by atomic mass is 10.1. The Labute approximate surface area is 142 Å². The summed E-state index contributed by atoms with van der Waals surface area (Å²) in [7, 11) is 0. The SMILES string of the molecule is CC1(C)OC(=O)C(=Cc2cccc(OC(=O)c3ccco3)c2)C(=O)O1. The standard InChI is InChI=1S/C18H14O7/c1-18(2)24-15(19)13(16(20)25-18)10-11-5-3-6-12(9-11)23-17(21)14-7-4-8-22-14/h3-10H,1-2H3. The van der Waals surface area contributed by atoms with E-state index in [4.69, 9.17) is 18.6 Å². The van der Waals surface area contributed by atoms with Gasteiger partial charge in [-0.3, -0.25) is 0 Å². The van der Waals surface area contributed by atoms with Crippen molar-refractivity contribution < 1.29 is 33.0 Å². The van der Waals surface area contributed by atoms with E-state index in [0.29, 0.717) is 5.56 Å². The van der Waals surface area contributed by atoms with E-state index in [1.165, 1.54) is 38.3 Å². The fraction of sp³-hybridized carbons (Fsp3) is 0.167. The molecule has 0 spiro atoms. The van der Waals surface area contributed by atoms with Gasteiger partial charge in [0, 0.05) is 13.8 Å². The highest BCUT2D eigenvalue weighted by atomic mass is 16.7. The number of carbonyl (C=O) groups excluding carboxylic acids is 3. The highest BCUT2D eigenvalue weighted by molar-refractivity contribution is 6.18. The van der Waals surface area contributed by atoms with Gasteiger partial charge in [0.2, 0.25) is 5.76 Å². The Hall–Kier alpha value is -3.35. The second-order valence-electron chi connectivity index (χ2n) is 5.68. The van der Waals surface area contributed by atoms with Gasteiger partial charge >= 0.3 is 17.9 Å². The Morgan fingerprint density at radius 3 is 2.44 bits per heavy atom. The normalized spacial score (nSPS) is 16.0. The predicted molar refractivity (Wildman–Crippen MR) is 84.3 cm³/mol. The maximum absolute atomic E-state index is 12.0. The molecule has 0 N–H and O–H groups in total. The third kappa shape index (κ3) is 3.77. The quantitative estimate of drug-likeness (QED) is 0.366. The maximum Gasteiger partial charge on any atom is 0.379 e. The van der Waals surface area contributed by atoms with Gasteiger partial charge in [0.15, 0.2) is 0 Å². The minimum absolute atomic E-state index is 0.0606. The summed E-state index contributed by atoms with van der Waals surface area (Å²) >= 11 is 0. The molecule has 2 heterocycles. The van der Waals surface area contributed by atoms with Gasteiger partial charge in [0.1, 0.15) is 11.3 Å². The minimum atomic E-state index is -1.30. The maximum atomic E-state index is 12.0. The van der Waals surface area contributed by atoms with Gasteiger partial charge in [-0.15, -0.1) is 0 Å². The van der Waals surface area contributed by atoms with Crippen molar-refractivity contribution in [3.05, 3.63) is 59.6 Å². The molecule has 0 atom stereocenters. The number of carbonyl (C=O) groups is 3. The number of benzene rings is 1. The van der Waals surface area contributed by atoms with Crippen LogP contribution in [0.15, 0.2) is 52.7 Å². The van der Waals surface area contributed by atoms with E-state index in [1.54, 1.807) is 24.3 Å². The van der Waals surface area contributed by atoms with Crippen molar-refractivity contribution in [3.63, 3.8) is 0 Å². The van der Waals surface area contributed by atoms with Crippen LogP contribution in [0.4, 0.5) is 0 Å². The molecule has 0 radical (unpaired) electrons. The molecule has 7 heteroatoms. The van der Waals surface area contributed by atoms with Crippen molar-refractivity contribution in [2.24, 2.45) is 0 Å². The summed E-state index contributed by atoms with van der Waals surface area (Å²) in [5.41, 5.74) is 0.224. The van der Waals surface area contributed by atoms with Crippen molar-refractivity contribution in [1.29, 1.82) is 0 Å². The van der Waals surface area contributed by atoms with Crippen LogP contribution in [0.3, 0.4) is 0 Å². The summed E-state index contributed by atoms with van der Waals surface area (Å²) in [6.07, 6.45) is 2.67. The van der Waals surface area contributed by atoms with E-state index in [9.17, 15) is 14.4 Å². The average Bonchev–Trinajstić information content (AvgIpc) is 3.05. The Morgan fingerprint density at radius 1 is 1.08 bits per heavy atom. The fourth-order valence-electron chi connectivity index (χ4n) is 2.16. The number of rotatable bonds is 3. The van der Waals surface area contributed by atoms with Gasteiger partial charge in [-0.05, 0) is 35.9 Å². The minimum Gasteiger partial charge on any atom is -0.457 e. The van der Waals surface area contributed by atoms with Crippen molar-refractivity contribution >= 4 is 24.0 Å². The highest BCUT2D eigenvalue weighted by Crippen LogP contribution is 2.25. The molecule has 1 aliphatic rings. The first-order chi connectivity index (χ1) is 11.8. The van der Waals surface area contributed by atoms with Gasteiger partial charge in [0.05, 0.1) is 6.26 Å². The lowest BCUT2D eigenvalue weighted by Gasteiger charge is -2.29. The van der Waals surface area contributed by atoms with Crippen LogP contribution in [0.5, 0.6) is 5.75 Å². The van der Waals surface area contributed by atoms with Gasteiger partial charge in [-0.25, -0.2) is 14.4 Å². The van der Waals surface area contributed by atoms with Crippen molar-refractivity contribution in [1.82, 2.24) is 0 Å². The second-order valence-corrected chi connectivity index (χ2v) is 5.68. The lowest BCUT2D eigenvalue weighted by molar-refractivity contribution is -0.222. The first-order valence-corrected chi connectivity index (χ1v) is 7.38. The van der Waals surface area contributed by atoms with Crippen LogP contribution in [0.25, 0.3) is 6.08 Å². The fourth-order valence-corrected chi connectivity index (χ4v) is 2.16. The molecule has 3 rings (SSSR count). The average molecular weight is 342 g/mol. The Morgan fingerprint density at radius 2 is 1.80 bits per heavy atom. The predicted octanol–water partition coefficient (Wildman–Crippen LogP) is 2.72. The van der Waals surface area contributed by atoms with Crippen LogP contribution >= 0.6 is 0 Å². The van der Waals surface area contributed by atoms with Crippen LogP contribution in [-0.4, -0.2) is 23.7 Å². The molecule has 0 amide bonds. The van der Waals surface area contributed by atoms with Crippen molar-refractivity contribution in [2.45, 2.75) is 19.6 Å².